The third-order valence-corrected chi connectivity index (χ3v) is 6.92. The molecule has 0 aliphatic rings. The number of esters is 1. The molecule has 4 rings (SSSR count). The first-order valence-corrected chi connectivity index (χ1v) is 12.0. The Labute approximate surface area is 193 Å². The highest BCUT2D eigenvalue weighted by atomic mass is 32.2. The van der Waals surface area contributed by atoms with Crippen LogP contribution in [0.4, 0.5) is 5.69 Å². The van der Waals surface area contributed by atoms with Gasteiger partial charge in [-0.15, -0.1) is 21.5 Å². The molecule has 0 aliphatic carbocycles. The predicted molar refractivity (Wildman–Crippen MR) is 122 cm³/mol. The van der Waals surface area contributed by atoms with E-state index < -0.39 is 16.0 Å². The second-order valence-corrected chi connectivity index (χ2v) is 9.47. The normalized spacial score (nSPS) is 11.2. The minimum absolute atomic E-state index is 0.00689. The Hall–Kier alpha value is -3.77. The molecule has 33 heavy (non-hydrogen) atoms. The Morgan fingerprint density at radius 1 is 1.06 bits per heavy atom. The maximum Gasteiger partial charge on any atom is 0.349 e. The van der Waals surface area contributed by atoms with Crippen molar-refractivity contribution in [1.82, 2.24) is 20.0 Å². The number of carbonyl (C=O) groups is 1. The molecule has 0 saturated carbocycles. The average molecular weight is 486 g/mol. The van der Waals surface area contributed by atoms with Gasteiger partial charge in [0, 0.05) is 17.4 Å². The zero-order valence-electron chi connectivity index (χ0n) is 17.8. The molecule has 170 valence electrons. The average Bonchev–Trinajstić information content (AvgIpc) is 3.42. The van der Waals surface area contributed by atoms with Crippen LogP contribution in [0.25, 0.3) is 5.82 Å². The molecule has 0 fully saturated rings. The zero-order valence-corrected chi connectivity index (χ0v) is 19.5. The number of thiophene rings is 1. The topological polar surface area (TPSA) is 125 Å². The minimum atomic E-state index is -3.97. The van der Waals surface area contributed by atoms with Gasteiger partial charge in [0.1, 0.15) is 15.5 Å². The first kappa shape index (κ1) is 22.4. The second kappa shape index (κ2) is 9.00. The van der Waals surface area contributed by atoms with E-state index in [0.717, 1.165) is 22.7 Å². The van der Waals surface area contributed by atoms with Crippen molar-refractivity contribution in [2.75, 3.05) is 11.8 Å². The molecule has 0 unspecified atom stereocenters. The maximum absolute atomic E-state index is 12.7. The highest BCUT2D eigenvalue weighted by Gasteiger charge is 2.24. The molecule has 0 radical (unpaired) electrons. The Morgan fingerprint density at radius 3 is 2.42 bits per heavy atom. The van der Waals surface area contributed by atoms with Crippen LogP contribution in [0, 0.1) is 13.8 Å². The van der Waals surface area contributed by atoms with Crippen LogP contribution in [0.2, 0.25) is 0 Å². The van der Waals surface area contributed by atoms with Gasteiger partial charge >= 0.3 is 5.97 Å². The fourth-order valence-electron chi connectivity index (χ4n) is 3.01. The maximum atomic E-state index is 12.7. The quantitative estimate of drug-likeness (QED) is 0.393. The van der Waals surface area contributed by atoms with Gasteiger partial charge in [-0.3, -0.25) is 4.72 Å². The number of nitrogens with zero attached hydrogens (tertiary/aromatic N) is 4. The Morgan fingerprint density at radius 2 is 1.82 bits per heavy atom. The summed E-state index contributed by atoms with van der Waals surface area (Å²) in [6.07, 6.45) is 0. The summed E-state index contributed by atoms with van der Waals surface area (Å²) in [7, 11) is -2.78. The van der Waals surface area contributed by atoms with Crippen LogP contribution in [0.5, 0.6) is 11.6 Å². The van der Waals surface area contributed by atoms with Crippen molar-refractivity contribution < 1.29 is 22.7 Å². The summed E-state index contributed by atoms with van der Waals surface area (Å²) in [4.78, 5) is 11.7. The van der Waals surface area contributed by atoms with Gasteiger partial charge < -0.3 is 9.47 Å². The lowest BCUT2D eigenvalue weighted by atomic mass is 10.3. The number of aromatic nitrogens is 4. The number of sulfonamides is 1. The van der Waals surface area contributed by atoms with Gasteiger partial charge in [0.15, 0.2) is 5.82 Å². The molecule has 1 N–H and O–H groups in total. The van der Waals surface area contributed by atoms with Crippen LogP contribution in [-0.4, -0.2) is 41.5 Å². The molecule has 4 aromatic rings. The van der Waals surface area contributed by atoms with Crippen LogP contribution in [0.15, 0.2) is 58.8 Å². The van der Waals surface area contributed by atoms with Crippen molar-refractivity contribution in [3.05, 3.63) is 70.2 Å². The Bertz CT molecular complexity index is 1390. The van der Waals surface area contributed by atoms with E-state index in [-0.39, 0.29) is 15.7 Å². The standard InChI is InChI=1S/C21H19N5O5S2/c1-13-12-14(2)26(24-13)18-8-9-19(23-22-18)31-16-6-4-15(5-7-16)25-33(28,29)17-10-11-32-20(17)21(27)30-3/h4-12,25H,1-3H3. The first-order valence-electron chi connectivity index (χ1n) is 9.61. The van der Waals surface area contributed by atoms with E-state index >= 15 is 0 Å². The highest BCUT2D eigenvalue weighted by Crippen LogP contribution is 2.27. The zero-order chi connectivity index (χ0) is 23.6. The highest BCUT2D eigenvalue weighted by molar-refractivity contribution is 7.93. The molecule has 1 aromatic carbocycles. The molecule has 3 aromatic heterocycles. The van der Waals surface area contributed by atoms with Crippen molar-refractivity contribution in [3.8, 4) is 17.4 Å². The van der Waals surface area contributed by atoms with Crippen LogP contribution >= 0.6 is 11.3 Å². The second-order valence-electron chi connectivity index (χ2n) is 6.91. The number of hydrogen-bond donors (Lipinski definition) is 1. The number of ether oxygens (including phenoxy) is 2. The van der Waals surface area contributed by atoms with Crippen molar-refractivity contribution in [2.24, 2.45) is 0 Å². The lowest BCUT2D eigenvalue weighted by Gasteiger charge is -2.10. The fourth-order valence-corrected chi connectivity index (χ4v) is 5.41. The molecule has 0 amide bonds. The van der Waals surface area contributed by atoms with Crippen LogP contribution in [-0.2, 0) is 14.8 Å². The molecule has 3 heterocycles. The van der Waals surface area contributed by atoms with Crippen LogP contribution in [0.1, 0.15) is 21.1 Å². The van der Waals surface area contributed by atoms with E-state index in [2.05, 4.69) is 24.8 Å². The van der Waals surface area contributed by atoms with Crippen LogP contribution in [0.3, 0.4) is 0 Å². The lowest BCUT2D eigenvalue weighted by Crippen LogP contribution is -2.15. The number of rotatable bonds is 7. The SMILES string of the molecule is COC(=O)c1sccc1S(=O)(=O)Nc1ccc(Oc2ccc(-n3nc(C)cc3C)nn2)cc1. The molecule has 0 bridgehead atoms. The first-order chi connectivity index (χ1) is 15.8. The molecule has 0 spiro atoms. The smallest absolute Gasteiger partial charge is 0.349 e. The molecule has 0 atom stereocenters. The van der Waals surface area contributed by atoms with E-state index in [1.807, 2.05) is 19.9 Å². The summed E-state index contributed by atoms with van der Waals surface area (Å²) in [5.74, 6) is 0.572. The van der Waals surface area contributed by atoms with E-state index in [9.17, 15) is 13.2 Å². The van der Waals surface area contributed by atoms with Gasteiger partial charge in [-0.05, 0) is 61.7 Å². The number of benzene rings is 1. The summed E-state index contributed by atoms with van der Waals surface area (Å²) in [6.45, 7) is 3.83. The third-order valence-electron chi connectivity index (χ3n) is 4.47. The lowest BCUT2D eigenvalue weighted by molar-refractivity contribution is 0.0602. The summed E-state index contributed by atoms with van der Waals surface area (Å²) < 4.78 is 39.8. The minimum Gasteiger partial charge on any atom is -0.465 e. The summed E-state index contributed by atoms with van der Waals surface area (Å²) in [6, 6.07) is 12.9. The molecule has 0 saturated heterocycles. The molecule has 0 aliphatic heterocycles. The largest absolute Gasteiger partial charge is 0.465 e. The van der Waals surface area contributed by atoms with Crippen molar-refractivity contribution in [2.45, 2.75) is 18.7 Å². The number of carbonyl (C=O) groups excluding carboxylic acids is 1. The monoisotopic (exact) mass is 485 g/mol. The van der Waals surface area contributed by atoms with Crippen molar-refractivity contribution >= 4 is 33.0 Å². The van der Waals surface area contributed by atoms with E-state index in [0.29, 0.717) is 17.3 Å². The number of anilines is 1. The molecule has 10 nitrogen and oxygen atoms in total. The summed E-state index contributed by atoms with van der Waals surface area (Å²) >= 11 is 0.993. The van der Waals surface area contributed by atoms with Gasteiger partial charge in [-0.2, -0.15) is 5.10 Å². The summed E-state index contributed by atoms with van der Waals surface area (Å²) in [5, 5.41) is 14.1. The van der Waals surface area contributed by atoms with E-state index in [1.165, 1.54) is 30.7 Å². The van der Waals surface area contributed by atoms with Gasteiger partial charge in [0.05, 0.1) is 12.8 Å². The summed E-state index contributed by atoms with van der Waals surface area (Å²) in [5.41, 5.74) is 2.12. The van der Waals surface area contributed by atoms with Gasteiger partial charge in [0.25, 0.3) is 10.0 Å². The fraction of sp³-hybridized carbons (Fsp3) is 0.143. The third kappa shape index (κ3) is 4.86. The van der Waals surface area contributed by atoms with Crippen molar-refractivity contribution in [3.63, 3.8) is 0 Å². The molecular weight excluding hydrogens is 466 g/mol. The number of methoxy groups -OCH3 is 1. The van der Waals surface area contributed by atoms with Crippen LogP contribution < -0.4 is 9.46 Å². The molecule has 12 heteroatoms. The predicted octanol–water partition coefficient (Wildman–Crippen LogP) is 3.72. The van der Waals surface area contributed by atoms with Gasteiger partial charge in [-0.25, -0.2) is 17.9 Å². The van der Waals surface area contributed by atoms with E-state index in [4.69, 9.17) is 4.74 Å². The number of aryl methyl sites for hydroxylation is 2. The van der Waals surface area contributed by atoms with E-state index in [1.54, 1.807) is 28.9 Å². The Kier molecular flexibility index (Phi) is 6.11. The van der Waals surface area contributed by atoms with Gasteiger partial charge in [0.2, 0.25) is 5.88 Å². The van der Waals surface area contributed by atoms with Gasteiger partial charge in [-0.1, -0.05) is 0 Å². The number of hydrogen-bond acceptors (Lipinski definition) is 9. The van der Waals surface area contributed by atoms with Crippen molar-refractivity contribution in [1.29, 1.82) is 0 Å². The molecular formula is C21H19N5O5S2. The Balaban J connectivity index is 1.45. The number of nitrogens with one attached hydrogen (secondary N) is 1.